The van der Waals surface area contributed by atoms with Gasteiger partial charge in [-0.2, -0.15) is 0 Å². The van der Waals surface area contributed by atoms with Crippen LogP contribution in [0.15, 0.2) is 78.9 Å². The lowest BCUT2D eigenvalue weighted by Gasteiger charge is -2.16. The summed E-state index contributed by atoms with van der Waals surface area (Å²) in [6.07, 6.45) is -1.10. The van der Waals surface area contributed by atoms with Gasteiger partial charge in [0.1, 0.15) is 5.82 Å². The smallest absolute Gasteiger partial charge is 0.340 e. The number of halogens is 1. The molecule has 5 heteroatoms. The molecule has 0 fully saturated rings. The van der Waals surface area contributed by atoms with Gasteiger partial charge < -0.3 is 10.1 Å². The van der Waals surface area contributed by atoms with E-state index in [0.717, 1.165) is 21.5 Å². The van der Waals surface area contributed by atoms with E-state index < -0.39 is 23.8 Å². The van der Waals surface area contributed by atoms with Gasteiger partial charge in [-0.3, -0.25) is 4.79 Å². The molecule has 144 valence electrons. The number of ether oxygens (including phenoxy) is 1. The van der Waals surface area contributed by atoms with Gasteiger partial charge in [0.25, 0.3) is 5.91 Å². The van der Waals surface area contributed by atoms with E-state index in [1.54, 1.807) is 6.07 Å². The molecule has 0 bridgehead atoms. The average molecular weight is 387 g/mol. The van der Waals surface area contributed by atoms with Gasteiger partial charge in [0.05, 0.1) is 11.3 Å². The number of fused-ring (bicyclic) bond motifs is 2. The van der Waals surface area contributed by atoms with Crippen LogP contribution >= 0.6 is 0 Å². The van der Waals surface area contributed by atoms with Crippen molar-refractivity contribution in [3.05, 3.63) is 90.2 Å². The van der Waals surface area contributed by atoms with Gasteiger partial charge in [-0.1, -0.05) is 60.7 Å². The number of para-hydroxylation sites is 1. The summed E-state index contributed by atoms with van der Waals surface area (Å²) >= 11 is 0. The maximum Gasteiger partial charge on any atom is 0.340 e. The van der Waals surface area contributed by atoms with Crippen LogP contribution in [0.3, 0.4) is 0 Å². The van der Waals surface area contributed by atoms with Crippen molar-refractivity contribution in [1.82, 2.24) is 0 Å². The first kappa shape index (κ1) is 18.6. The van der Waals surface area contributed by atoms with Crippen molar-refractivity contribution in [2.45, 2.75) is 13.0 Å². The molecular weight excluding hydrogens is 369 g/mol. The SMILES string of the molecule is C[C@@H](OC(=O)c1c2ccccc2cc2ccccc12)C(=O)Nc1ccccc1F. The molecule has 4 nitrogen and oxygen atoms in total. The van der Waals surface area contributed by atoms with Gasteiger partial charge in [-0.25, -0.2) is 9.18 Å². The molecule has 1 N–H and O–H groups in total. The summed E-state index contributed by atoms with van der Waals surface area (Å²) in [5.41, 5.74) is 0.445. The minimum atomic E-state index is -1.10. The predicted molar refractivity (Wildman–Crippen MR) is 111 cm³/mol. The Morgan fingerprint density at radius 1 is 0.862 bits per heavy atom. The molecule has 1 amide bonds. The lowest BCUT2D eigenvalue weighted by Crippen LogP contribution is -2.30. The lowest BCUT2D eigenvalue weighted by molar-refractivity contribution is -0.123. The average Bonchev–Trinajstić information content (AvgIpc) is 2.73. The molecule has 0 spiro atoms. The zero-order valence-corrected chi connectivity index (χ0v) is 15.7. The van der Waals surface area contributed by atoms with Crippen molar-refractivity contribution >= 4 is 39.1 Å². The first-order chi connectivity index (χ1) is 14.0. The predicted octanol–water partition coefficient (Wildman–Crippen LogP) is 5.32. The van der Waals surface area contributed by atoms with Crippen LogP contribution in [0, 0.1) is 5.82 Å². The molecule has 0 heterocycles. The molecule has 0 saturated carbocycles. The van der Waals surface area contributed by atoms with Crippen LogP contribution in [0.5, 0.6) is 0 Å². The minimum absolute atomic E-state index is 0.0380. The highest BCUT2D eigenvalue weighted by atomic mass is 19.1. The number of hydrogen-bond acceptors (Lipinski definition) is 3. The van der Waals surface area contributed by atoms with Crippen LogP contribution in [-0.4, -0.2) is 18.0 Å². The Hall–Kier alpha value is -3.73. The number of nitrogens with one attached hydrogen (secondary N) is 1. The maximum atomic E-state index is 13.8. The van der Waals surface area contributed by atoms with E-state index in [9.17, 15) is 14.0 Å². The van der Waals surface area contributed by atoms with Crippen molar-refractivity contribution in [3.8, 4) is 0 Å². The first-order valence-electron chi connectivity index (χ1n) is 9.21. The van der Waals surface area contributed by atoms with Gasteiger partial charge in [0.15, 0.2) is 6.10 Å². The van der Waals surface area contributed by atoms with Crippen molar-refractivity contribution in [3.63, 3.8) is 0 Å². The molecule has 0 unspecified atom stereocenters. The molecule has 0 saturated heterocycles. The molecule has 4 aromatic rings. The summed E-state index contributed by atoms with van der Waals surface area (Å²) in [5, 5.41) is 5.75. The molecule has 4 rings (SSSR count). The fraction of sp³-hybridized carbons (Fsp3) is 0.0833. The van der Waals surface area contributed by atoms with E-state index in [1.807, 2.05) is 54.6 Å². The Bertz CT molecular complexity index is 1180. The number of esters is 1. The third-order valence-corrected chi connectivity index (χ3v) is 4.76. The number of carbonyl (C=O) groups excluding carboxylic acids is 2. The molecule has 0 radical (unpaired) electrons. The van der Waals surface area contributed by atoms with Crippen LogP contribution in [0.25, 0.3) is 21.5 Å². The second kappa shape index (κ2) is 7.72. The molecule has 4 aromatic carbocycles. The second-order valence-electron chi connectivity index (χ2n) is 6.71. The highest BCUT2D eigenvalue weighted by Gasteiger charge is 2.23. The summed E-state index contributed by atoms with van der Waals surface area (Å²) < 4.78 is 19.2. The van der Waals surface area contributed by atoms with E-state index in [2.05, 4.69) is 5.32 Å². The van der Waals surface area contributed by atoms with E-state index in [4.69, 9.17) is 4.74 Å². The standard InChI is InChI=1S/C24H18FNO3/c1-15(23(27)26-21-13-7-6-12-20(21)25)29-24(28)22-18-10-4-2-8-16(18)14-17-9-3-5-11-19(17)22/h2-15H,1H3,(H,26,27)/t15-/m1/s1. The number of rotatable bonds is 4. The Kier molecular flexibility index (Phi) is 4.96. The van der Waals surface area contributed by atoms with Crippen LogP contribution in [-0.2, 0) is 9.53 Å². The third kappa shape index (κ3) is 3.67. The number of hydrogen-bond donors (Lipinski definition) is 1. The van der Waals surface area contributed by atoms with Gasteiger partial charge in [0, 0.05) is 0 Å². The van der Waals surface area contributed by atoms with Gasteiger partial charge in [-0.15, -0.1) is 0 Å². The molecule has 29 heavy (non-hydrogen) atoms. The van der Waals surface area contributed by atoms with Crippen LogP contribution < -0.4 is 5.32 Å². The zero-order chi connectivity index (χ0) is 20.4. The molecule has 0 aromatic heterocycles. The highest BCUT2D eigenvalue weighted by molar-refractivity contribution is 6.17. The summed E-state index contributed by atoms with van der Waals surface area (Å²) in [4.78, 5) is 25.4. The number of carbonyl (C=O) groups is 2. The fourth-order valence-corrected chi connectivity index (χ4v) is 3.30. The van der Waals surface area contributed by atoms with Crippen molar-refractivity contribution in [2.75, 3.05) is 5.32 Å². The van der Waals surface area contributed by atoms with E-state index in [0.29, 0.717) is 5.56 Å². The zero-order valence-electron chi connectivity index (χ0n) is 15.7. The number of benzene rings is 4. The molecule has 0 aliphatic heterocycles. The lowest BCUT2D eigenvalue weighted by atomic mass is 9.97. The highest BCUT2D eigenvalue weighted by Crippen LogP contribution is 2.29. The van der Waals surface area contributed by atoms with Crippen LogP contribution in [0.1, 0.15) is 17.3 Å². The number of amides is 1. The van der Waals surface area contributed by atoms with E-state index >= 15 is 0 Å². The number of anilines is 1. The van der Waals surface area contributed by atoms with Crippen molar-refractivity contribution in [2.24, 2.45) is 0 Å². The normalized spacial score (nSPS) is 11.9. The third-order valence-electron chi connectivity index (χ3n) is 4.76. The van der Waals surface area contributed by atoms with E-state index in [1.165, 1.54) is 25.1 Å². The Balaban J connectivity index is 1.65. The van der Waals surface area contributed by atoms with E-state index in [-0.39, 0.29) is 5.69 Å². The van der Waals surface area contributed by atoms with Crippen molar-refractivity contribution < 1.29 is 18.7 Å². The monoisotopic (exact) mass is 387 g/mol. The summed E-state index contributed by atoms with van der Waals surface area (Å²) in [6, 6.07) is 22.9. The quantitative estimate of drug-likeness (QED) is 0.381. The van der Waals surface area contributed by atoms with Crippen LogP contribution in [0.2, 0.25) is 0 Å². The topological polar surface area (TPSA) is 55.4 Å². The fourth-order valence-electron chi connectivity index (χ4n) is 3.30. The van der Waals surface area contributed by atoms with Gasteiger partial charge >= 0.3 is 5.97 Å². The van der Waals surface area contributed by atoms with Gasteiger partial charge in [-0.05, 0) is 46.7 Å². The molecular formula is C24H18FNO3. The Morgan fingerprint density at radius 3 is 2.03 bits per heavy atom. The summed E-state index contributed by atoms with van der Waals surface area (Å²) in [6.45, 7) is 1.46. The van der Waals surface area contributed by atoms with Gasteiger partial charge in [0.2, 0.25) is 0 Å². The van der Waals surface area contributed by atoms with Crippen molar-refractivity contribution in [1.29, 1.82) is 0 Å². The Morgan fingerprint density at radius 2 is 1.41 bits per heavy atom. The van der Waals surface area contributed by atoms with Crippen LogP contribution in [0.4, 0.5) is 10.1 Å². The summed E-state index contributed by atoms with van der Waals surface area (Å²) in [5.74, 6) is -1.76. The minimum Gasteiger partial charge on any atom is -0.449 e. The maximum absolute atomic E-state index is 13.8. The summed E-state index contributed by atoms with van der Waals surface area (Å²) in [7, 11) is 0. The first-order valence-corrected chi connectivity index (χ1v) is 9.21. The Labute approximate surface area is 166 Å². The molecule has 0 aliphatic rings. The molecule has 0 aliphatic carbocycles. The molecule has 1 atom stereocenters. The second-order valence-corrected chi connectivity index (χ2v) is 6.71. The largest absolute Gasteiger partial charge is 0.449 e.